The van der Waals surface area contributed by atoms with Gasteiger partial charge in [0.15, 0.2) is 11.5 Å². The highest BCUT2D eigenvalue weighted by Crippen LogP contribution is 2.33. The first-order valence-electron chi connectivity index (χ1n) is 5.40. The van der Waals surface area contributed by atoms with E-state index < -0.39 is 0 Å². The highest BCUT2D eigenvalue weighted by Gasteiger charge is 2.08. The molecule has 0 bridgehead atoms. The van der Waals surface area contributed by atoms with Crippen LogP contribution < -0.4 is 9.47 Å². The molecule has 0 radical (unpaired) electrons. The van der Waals surface area contributed by atoms with Crippen molar-refractivity contribution >= 4 is 15.9 Å². The molecule has 0 aliphatic rings. The molecular weight excluding hydrogens is 299 g/mol. The van der Waals surface area contributed by atoms with Crippen molar-refractivity contribution in [2.24, 2.45) is 0 Å². The third kappa shape index (κ3) is 2.82. The predicted molar refractivity (Wildman–Crippen MR) is 72.1 cm³/mol. The summed E-state index contributed by atoms with van der Waals surface area (Å²) in [4.78, 5) is 0. The lowest BCUT2D eigenvalue weighted by atomic mass is 10.2. The summed E-state index contributed by atoms with van der Waals surface area (Å²) >= 11 is 3.31. The van der Waals surface area contributed by atoms with Gasteiger partial charge < -0.3 is 9.47 Å². The monoisotopic (exact) mass is 310 g/mol. The molecule has 2 aromatic rings. The summed E-state index contributed by atoms with van der Waals surface area (Å²) in [6.07, 6.45) is 0. The van der Waals surface area contributed by atoms with Gasteiger partial charge in [-0.1, -0.05) is 28.1 Å². The third-order valence-electron chi connectivity index (χ3n) is 2.46. The van der Waals surface area contributed by atoms with Crippen molar-refractivity contribution < 1.29 is 13.9 Å². The van der Waals surface area contributed by atoms with Crippen molar-refractivity contribution in [3.8, 4) is 17.2 Å². The lowest BCUT2D eigenvalue weighted by molar-refractivity contribution is 0.378. The number of benzene rings is 2. The maximum Gasteiger partial charge on any atom is 0.169 e. The Morgan fingerprint density at radius 2 is 1.78 bits per heavy atom. The Hall–Kier alpha value is -1.55. The van der Waals surface area contributed by atoms with Gasteiger partial charge in [0.2, 0.25) is 0 Å². The van der Waals surface area contributed by atoms with Crippen LogP contribution in [-0.4, -0.2) is 7.11 Å². The van der Waals surface area contributed by atoms with E-state index in [2.05, 4.69) is 15.9 Å². The first-order chi connectivity index (χ1) is 8.74. The molecule has 2 rings (SSSR count). The number of para-hydroxylation sites is 2. The minimum atomic E-state index is -0.281. The van der Waals surface area contributed by atoms with Crippen LogP contribution in [0.25, 0.3) is 0 Å². The van der Waals surface area contributed by atoms with E-state index in [4.69, 9.17) is 9.47 Å². The zero-order valence-corrected chi connectivity index (χ0v) is 11.4. The van der Waals surface area contributed by atoms with Crippen molar-refractivity contribution in [3.05, 3.63) is 53.8 Å². The molecular formula is C14H12BrFO2. The van der Waals surface area contributed by atoms with E-state index in [0.717, 1.165) is 5.56 Å². The Kier molecular flexibility index (Phi) is 4.20. The minimum Gasteiger partial charge on any atom is -0.493 e. The molecule has 0 unspecified atom stereocenters. The number of hydrogen-bond donors (Lipinski definition) is 0. The Bertz CT molecular complexity index is 543. The van der Waals surface area contributed by atoms with E-state index in [1.165, 1.54) is 12.1 Å². The van der Waals surface area contributed by atoms with E-state index in [1.54, 1.807) is 19.2 Å². The zero-order chi connectivity index (χ0) is 13.0. The molecule has 0 spiro atoms. The molecule has 0 saturated carbocycles. The normalized spacial score (nSPS) is 10.2. The summed E-state index contributed by atoms with van der Waals surface area (Å²) in [6, 6.07) is 11.8. The molecule has 0 aliphatic carbocycles. The van der Waals surface area contributed by atoms with Gasteiger partial charge in [0.1, 0.15) is 11.6 Å². The van der Waals surface area contributed by atoms with E-state index in [9.17, 15) is 4.39 Å². The predicted octanol–water partition coefficient (Wildman–Crippen LogP) is 4.52. The second-order valence-corrected chi connectivity index (χ2v) is 4.20. The number of methoxy groups -OCH3 is 1. The lowest BCUT2D eigenvalue weighted by Crippen LogP contribution is -1.93. The van der Waals surface area contributed by atoms with Gasteiger partial charge in [-0.25, -0.2) is 4.39 Å². The Balaban J connectivity index is 2.33. The quantitative estimate of drug-likeness (QED) is 0.773. The van der Waals surface area contributed by atoms with E-state index in [1.807, 2.05) is 18.2 Å². The van der Waals surface area contributed by atoms with E-state index in [-0.39, 0.29) is 5.82 Å². The fraction of sp³-hybridized carbons (Fsp3) is 0.143. The van der Waals surface area contributed by atoms with Gasteiger partial charge in [-0.05, 0) is 30.3 Å². The molecule has 0 aliphatic heterocycles. The Labute approximate surface area is 113 Å². The first kappa shape index (κ1) is 12.9. The van der Waals surface area contributed by atoms with Gasteiger partial charge in [-0.2, -0.15) is 0 Å². The standard InChI is InChI=1S/C14H12BrFO2/c1-17-13-4-2-3-5-14(13)18-12-7-6-11(16)8-10(12)9-15/h2-8H,9H2,1H3. The van der Waals surface area contributed by atoms with Gasteiger partial charge in [-0.15, -0.1) is 0 Å². The summed E-state index contributed by atoms with van der Waals surface area (Å²) < 4.78 is 24.1. The van der Waals surface area contributed by atoms with Crippen molar-refractivity contribution in [2.75, 3.05) is 7.11 Å². The molecule has 0 amide bonds. The largest absolute Gasteiger partial charge is 0.493 e. The Morgan fingerprint density at radius 3 is 2.44 bits per heavy atom. The number of rotatable bonds is 4. The Morgan fingerprint density at radius 1 is 1.06 bits per heavy atom. The average molecular weight is 311 g/mol. The zero-order valence-electron chi connectivity index (χ0n) is 9.82. The SMILES string of the molecule is COc1ccccc1Oc1ccc(F)cc1CBr. The van der Waals surface area contributed by atoms with E-state index in [0.29, 0.717) is 22.6 Å². The molecule has 94 valence electrons. The summed E-state index contributed by atoms with van der Waals surface area (Å²) in [5, 5.41) is 0.523. The van der Waals surface area contributed by atoms with Crippen LogP contribution in [0.1, 0.15) is 5.56 Å². The number of hydrogen-bond acceptors (Lipinski definition) is 2. The van der Waals surface area contributed by atoms with Crippen LogP contribution in [0.5, 0.6) is 17.2 Å². The van der Waals surface area contributed by atoms with Crippen molar-refractivity contribution in [3.63, 3.8) is 0 Å². The molecule has 0 N–H and O–H groups in total. The smallest absolute Gasteiger partial charge is 0.169 e. The van der Waals surface area contributed by atoms with Crippen LogP contribution in [0.15, 0.2) is 42.5 Å². The number of halogens is 2. The third-order valence-corrected chi connectivity index (χ3v) is 3.06. The number of alkyl halides is 1. The summed E-state index contributed by atoms with van der Waals surface area (Å²) in [5.41, 5.74) is 0.751. The first-order valence-corrected chi connectivity index (χ1v) is 6.52. The maximum atomic E-state index is 13.1. The van der Waals surface area contributed by atoms with Crippen LogP contribution in [-0.2, 0) is 5.33 Å². The van der Waals surface area contributed by atoms with Gasteiger partial charge >= 0.3 is 0 Å². The average Bonchev–Trinajstić information content (AvgIpc) is 2.41. The van der Waals surface area contributed by atoms with Crippen molar-refractivity contribution in [1.29, 1.82) is 0 Å². The molecule has 0 heterocycles. The lowest BCUT2D eigenvalue weighted by Gasteiger charge is -2.12. The molecule has 18 heavy (non-hydrogen) atoms. The molecule has 0 atom stereocenters. The second-order valence-electron chi connectivity index (χ2n) is 3.64. The van der Waals surface area contributed by atoms with Gasteiger partial charge in [0.25, 0.3) is 0 Å². The summed E-state index contributed by atoms with van der Waals surface area (Å²) in [6.45, 7) is 0. The molecule has 0 aromatic heterocycles. The second kappa shape index (κ2) is 5.87. The molecule has 0 fully saturated rings. The van der Waals surface area contributed by atoms with Crippen LogP contribution in [0.3, 0.4) is 0 Å². The highest BCUT2D eigenvalue weighted by atomic mass is 79.9. The number of ether oxygens (including phenoxy) is 2. The summed E-state index contributed by atoms with van der Waals surface area (Å²) in [7, 11) is 1.58. The topological polar surface area (TPSA) is 18.5 Å². The molecule has 4 heteroatoms. The molecule has 2 aromatic carbocycles. The molecule has 0 saturated heterocycles. The maximum absolute atomic E-state index is 13.1. The van der Waals surface area contributed by atoms with Crippen molar-refractivity contribution in [2.45, 2.75) is 5.33 Å². The molecule has 2 nitrogen and oxygen atoms in total. The van der Waals surface area contributed by atoms with Crippen LogP contribution in [0.2, 0.25) is 0 Å². The van der Waals surface area contributed by atoms with Crippen molar-refractivity contribution in [1.82, 2.24) is 0 Å². The van der Waals surface area contributed by atoms with Gasteiger partial charge in [0.05, 0.1) is 7.11 Å². The van der Waals surface area contributed by atoms with Crippen LogP contribution in [0, 0.1) is 5.82 Å². The van der Waals surface area contributed by atoms with E-state index >= 15 is 0 Å². The minimum absolute atomic E-state index is 0.281. The van der Waals surface area contributed by atoms with Gasteiger partial charge in [0, 0.05) is 10.9 Å². The summed E-state index contributed by atoms with van der Waals surface area (Å²) in [5.74, 6) is 1.57. The highest BCUT2D eigenvalue weighted by molar-refractivity contribution is 9.08. The fourth-order valence-corrected chi connectivity index (χ4v) is 2.01. The van der Waals surface area contributed by atoms with Crippen LogP contribution in [0.4, 0.5) is 4.39 Å². The fourth-order valence-electron chi connectivity index (χ4n) is 1.57. The van der Waals surface area contributed by atoms with Crippen LogP contribution >= 0.6 is 15.9 Å². The van der Waals surface area contributed by atoms with Gasteiger partial charge in [-0.3, -0.25) is 0 Å².